The number of hydrogen-bond acceptors (Lipinski definition) is 5. The van der Waals surface area contributed by atoms with E-state index in [0.29, 0.717) is 25.6 Å². The number of nitrogens with zero attached hydrogens (tertiary/aromatic N) is 2. The van der Waals surface area contributed by atoms with Crippen molar-refractivity contribution in [2.45, 2.75) is 26.2 Å². The number of likely N-dealkylation sites (tertiary alicyclic amines) is 1. The average Bonchev–Trinajstić information content (AvgIpc) is 2.47. The van der Waals surface area contributed by atoms with Crippen LogP contribution in [0.2, 0.25) is 0 Å². The minimum Gasteiger partial charge on any atom is -0.469 e. The van der Waals surface area contributed by atoms with Crippen molar-refractivity contribution in [1.29, 1.82) is 5.26 Å². The second-order valence-electron chi connectivity index (χ2n) is 4.92. The largest absolute Gasteiger partial charge is 0.469 e. The molecular weight excluding hydrogens is 258 g/mol. The molecule has 110 valence electrons. The van der Waals surface area contributed by atoms with Gasteiger partial charge in [-0.3, -0.25) is 9.59 Å². The van der Waals surface area contributed by atoms with Gasteiger partial charge in [0.25, 0.3) is 5.91 Å². The number of carbonyl (C=O) groups is 2. The summed E-state index contributed by atoms with van der Waals surface area (Å²) in [5, 5.41) is 11.8. The molecule has 0 unspecified atom stereocenters. The number of carbonyl (C=O) groups excluding carboxylic acids is 2. The van der Waals surface area contributed by atoms with Gasteiger partial charge in [-0.25, -0.2) is 0 Å². The second-order valence-corrected chi connectivity index (χ2v) is 4.92. The Morgan fingerprint density at radius 1 is 1.45 bits per heavy atom. The van der Waals surface area contributed by atoms with Crippen LogP contribution in [0.25, 0.3) is 0 Å². The molecule has 0 bridgehead atoms. The van der Waals surface area contributed by atoms with Gasteiger partial charge in [-0.15, -0.1) is 0 Å². The predicted molar refractivity (Wildman–Crippen MR) is 73.3 cm³/mol. The van der Waals surface area contributed by atoms with Gasteiger partial charge in [0.1, 0.15) is 11.6 Å². The zero-order valence-electron chi connectivity index (χ0n) is 12.0. The molecule has 0 aromatic rings. The van der Waals surface area contributed by atoms with Crippen LogP contribution in [-0.2, 0) is 14.3 Å². The van der Waals surface area contributed by atoms with Crippen molar-refractivity contribution in [3.8, 4) is 6.07 Å². The van der Waals surface area contributed by atoms with E-state index in [1.165, 1.54) is 13.3 Å². The van der Waals surface area contributed by atoms with Crippen LogP contribution < -0.4 is 5.32 Å². The molecule has 6 nitrogen and oxygen atoms in total. The first-order valence-corrected chi connectivity index (χ1v) is 6.78. The van der Waals surface area contributed by atoms with Crippen molar-refractivity contribution in [2.24, 2.45) is 5.92 Å². The summed E-state index contributed by atoms with van der Waals surface area (Å²) in [5.41, 5.74) is 0.0735. The summed E-state index contributed by atoms with van der Waals surface area (Å²) in [6.45, 7) is 3.89. The van der Waals surface area contributed by atoms with Crippen LogP contribution in [0.15, 0.2) is 11.8 Å². The van der Waals surface area contributed by atoms with Crippen LogP contribution in [0.5, 0.6) is 0 Å². The molecule has 1 heterocycles. The van der Waals surface area contributed by atoms with E-state index in [4.69, 9.17) is 5.26 Å². The molecule has 6 heteroatoms. The Balaban J connectivity index is 2.46. The number of methoxy groups -OCH3 is 1. The molecule has 20 heavy (non-hydrogen) atoms. The lowest BCUT2D eigenvalue weighted by molar-refractivity contribution is -0.140. The van der Waals surface area contributed by atoms with E-state index in [-0.39, 0.29) is 23.9 Å². The van der Waals surface area contributed by atoms with Crippen molar-refractivity contribution >= 4 is 11.9 Å². The monoisotopic (exact) mass is 279 g/mol. The molecule has 0 spiro atoms. The Hall–Kier alpha value is -2.03. The standard InChI is InChI=1S/C14H21N3O3/c1-11-4-7-17(8-5-11)14(19)12(9-15)10-16-6-3-13(18)20-2/h10-11,16H,3-8H2,1-2H3/b12-10-. The third-order valence-electron chi connectivity index (χ3n) is 3.37. The molecule has 1 saturated heterocycles. The summed E-state index contributed by atoms with van der Waals surface area (Å²) in [4.78, 5) is 24.7. The molecule has 0 aliphatic carbocycles. The van der Waals surface area contributed by atoms with Gasteiger partial charge in [0.05, 0.1) is 13.5 Å². The fourth-order valence-electron chi connectivity index (χ4n) is 1.97. The number of amides is 1. The Kier molecular flexibility index (Phi) is 6.57. The number of hydrogen-bond donors (Lipinski definition) is 1. The highest BCUT2D eigenvalue weighted by molar-refractivity contribution is 5.97. The molecule has 0 aromatic carbocycles. The number of esters is 1. The van der Waals surface area contributed by atoms with Crippen LogP contribution in [0.4, 0.5) is 0 Å². The van der Waals surface area contributed by atoms with E-state index in [2.05, 4.69) is 17.0 Å². The minimum atomic E-state index is -0.333. The lowest BCUT2D eigenvalue weighted by Crippen LogP contribution is -2.38. The highest BCUT2D eigenvalue weighted by atomic mass is 16.5. The van der Waals surface area contributed by atoms with Gasteiger partial charge < -0.3 is 15.0 Å². The normalized spacial score (nSPS) is 16.4. The highest BCUT2D eigenvalue weighted by Gasteiger charge is 2.22. The number of piperidine rings is 1. The zero-order valence-corrected chi connectivity index (χ0v) is 12.0. The van der Waals surface area contributed by atoms with Crippen LogP contribution in [0.1, 0.15) is 26.2 Å². The Morgan fingerprint density at radius 3 is 2.65 bits per heavy atom. The fraction of sp³-hybridized carbons (Fsp3) is 0.643. The number of nitriles is 1. The molecule has 0 aromatic heterocycles. The van der Waals surface area contributed by atoms with Crippen LogP contribution in [0, 0.1) is 17.2 Å². The fourth-order valence-corrected chi connectivity index (χ4v) is 1.97. The van der Waals surface area contributed by atoms with Gasteiger partial charge in [0.15, 0.2) is 0 Å². The quantitative estimate of drug-likeness (QED) is 0.348. The van der Waals surface area contributed by atoms with E-state index >= 15 is 0 Å². The molecular formula is C14H21N3O3. The minimum absolute atomic E-state index is 0.0735. The van der Waals surface area contributed by atoms with Crippen LogP contribution in [0.3, 0.4) is 0 Å². The van der Waals surface area contributed by atoms with Gasteiger partial charge in [-0.2, -0.15) is 5.26 Å². The third kappa shape index (κ3) is 4.92. The smallest absolute Gasteiger partial charge is 0.307 e. The maximum absolute atomic E-state index is 12.1. The molecule has 0 saturated carbocycles. The Morgan fingerprint density at radius 2 is 2.10 bits per heavy atom. The molecule has 1 N–H and O–H groups in total. The van der Waals surface area contributed by atoms with Crippen molar-refractivity contribution in [1.82, 2.24) is 10.2 Å². The summed E-state index contributed by atoms with van der Waals surface area (Å²) in [5.74, 6) is 0.0532. The molecule has 1 rings (SSSR count). The van der Waals surface area contributed by atoms with E-state index in [0.717, 1.165) is 12.8 Å². The Labute approximate surface area is 119 Å². The van der Waals surface area contributed by atoms with Crippen molar-refractivity contribution in [3.63, 3.8) is 0 Å². The average molecular weight is 279 g/mol. The number of rotatable bonds is 5. The van der Waals surface area contributed by atoms with Gasteiger partial charge in [-0.05, 0) is 18.8 Å². The molecule has 0 atom stereocenters. The zero-order chi connectivity index (χ0) is 15.0. The van der Waals surface area contributed by atoms with E-state index < -0.39 is 0 Å². The van der Waals surface area contributed by atoms with E-state index in [9.17, 15) is 9.59 Å². The summed E-state index contributed by atoms with van der Waals surface area (Å²) in [7, 11) is 1.32. The summed E-state index contributed by atoms with van der Waals surface area (Å²) in [6, 6.07) is 1.90. The predicted octanol–water partition coefficient (Wildman–Crippen LogP) is 0.805. The first-order chi connectivity index (χ1) is 9.58. The van der Waals surface area contributed by atoms with Crippen LogP contribution in [-0.4, -0.2) is 43.5 Å². The molecule has 1 fully saturated rings. The van der Waals surface area contributed by atoms with Crippen molar-refractivity contribution in [2.75, 3.05) is 26.7 Å². The lowest BCUT2D eigenvalue weighted by Gasteiger charge is -2.30. The first kappa shape index (κ1) is 16.0. The maximum Gasteiger partial charge on any atom is 0.307 e. The summed E-state index contributed by atoms with van der Waals surface area (Å²) in [6.07, 6.45) is 3.52. The maximum atomic E-state index is 12.1. The summed E-state index contributed by atoms with van der Waals surface area (Å²) >= 11 is 0. The number of ether oxygens (including phenoxy) is 1. The van der Waals surface area contributed by atoms with Crippen LogP contribution >= 0.6 is 0 Å². The first-order valence-electron chi connectivity index (χ1n) is 6.78. The van der Waals surface area contributed by atoms with Gasteiger partial charge in [0, 0.05) is 25.8 Å². The lowest BCUT2D eigenvalue weighted by atomic mass is 9.99. The van der Waals surface area contributed by atoms with Crippen molar-refractivity contribution in [3.05, 3.63) is 11.8 Å². The molecule has 0 radical (unpaired) electrons. The topological polar surface area (TPSA) is 82.4 Å². The second kappa shape index (κ2) is 8.20. The SMILES string of the molecule is COC(=O)CCN/C=C(/C#N)C(=O)N1CCC(C)CC1. The Bertz CT molecular complexity index is 418. The summed E-state index contributed by atoms with van der Waals surface area (Å²) < 4.78 is 4.50. The van der Waals surface area contributed by atoms with E-state index in [1.54, 1.807) is 4.90 Å². The van der Waals surface area contributed by atoms with Gasteiger partial charge >= 0.3 is 5.97 Å². The highest BCUT2D eigenvalue weighted by Crippen LogP contribution is 2.17. The molecule has 1 aliphatic rings. The third-order valence-corrected chi connectivity index (χ3v) is 3.37. The van der Waals surface area contributed by atoms with Gasteiger partial charge in [0.2, 0.25) is 0 Å². The van der Waals surface area contributed by atoms with Crippen molar-refractivity contribution < 1.29 is 14.3 Å². The molecule has 1 aliphatic heterocycles. The molecule has 1 amide bonds. The van der Waals surface area contributed by atoms with E-state index in [1.807, 2.05) is 6.07 Å². The van der Waals surface area contributed by atoms with Gasteiger partial charge in [-0.1, -0.05) is 6.92 Å². The number of nitrogens with one attached hydrogen (secondary N) is 1.